The van der Waals surface area contributed by atoms with Crippen molar-refractivity contribution in [3.8, 4) is 0 Å². The van der Waals surface area contributed by atoms with Crippen LogP contribution in [0.3, 0.4) is 0 Å². The molecule has 20 heavy (non-hydrogen) atoms. The van der Waals surface area contributed by atoms with Gasteiger partial charge in [0.2, 0.25) is 0 Å². The molecule has 0 radical (unpaired) electrons. The average molecular weight is 270 g/mol. The SMILES string of the molecule is CC(=O)c1ccc(N(CCO)Cc2ccccc2)nc1. The van der Waals surface area contributed by atoms with E-state index in [1.54, 1.807) is 12.3 Å². The van der Waals surface area contributed by atoms with Gasteiger partial charge in [-0.05, 0) is 24.6 Å². The lowest BCUT2D eigenvalue weighted by atomic mass is 10.2. The van der Waals surface area contributed by atoms with Gasteiger partial charge in [-0.3, -0.25) is 4.79 Å². The van der Waals surface area contributed by atoms with Gasteiger partial charge in [0.15, 0.2) is 5.78 Å². The molecule has 0 spiro atoms. The van der Waals surface area contributed by atoms with Crippen molar-refractivity contribution in [2.24, 2.45) is 0 Å². The summed E-state index contributed by atoms with van der Waals surface area (Å²) in [4.78, 5) is 17.5. The third-order valence-electron chi connectivity index (χ3n) is 3.06. The van der Waals surface area contributed by atoms with Gasteiger partial charge in [0.1, 0.15) is 5.82 Å². The van der Waals surface area contributed by atoms with Crippen molar-refractivity contribution < 1.29 is 9.90 Å². The summed E-state index contributed by atoms with van der Waals surface area (Å²) in [5.41, 5.74) is 1.75. The van der Waals surface area contributed by atoms with E-state index in [2.05, 4.69) is 4.98 Å². The van der Waals surface area contributed by atoms with Gasteiger partial charge in [0.05, 0.1) is 6.61 Å². The van der Waals surface area contributed by atoms with Crippen LogP contribution in [0, 0.1) is 0 Å². The molecule has 2 aromatic rings. The van der Waals surface area contributed by atoms with Crippen LogP contribution in [-0.2, 0) is 6.54 Å². The van der Waals surface area contributed by atoms with Crippen LogP contribution in [0.2, 0.25) is 0 Å². The van der Waals surface area contributed by atoms with E-state index in [0.717, 1.165) is 11.4 Å². The fourth-order valence-corrected chi connectivity index (χ4v) is 1.98. The molecule has 0 saturated carbocycles. The molecule has 4 nitrogen and oxygen atoms in total. The highest BCUT2D eigenvalue weighted by molar-refractivity contribution is 5.93. The van der Waals surface area contributed by atoms with Crippen molar-refractivity contribution in [2.75, 3.05) is 18.1 Å². The van der Waals surface area contributed by atoms with Crippen molar-refractivity contribution in [1.29, 1.82) is 0 Å². The normalized spacial score (nSPS) is 10.3. The first-order valence-corrected chi connectivity index (χ1v) is 6.57. The number of nitrogens with zero attached hydrogens (tertiary/aromatic N) is 2. The minimum atomic E-state index is 0.000757. The Hall–Kier alpha value is -2.20. The first kappa shape index (κ1) is 14.2. The maximum absolute atomic E-state index is 11.2. The summed E-state index contributed by atoms with van der Waals surface area (Å²) in [6.07, 6.45) is 1.58. The van der Waals surface area contributed by atoms with Crippen molar-refractivity contribution in [1.82, 2.24) is 4.98 Å². The monoisotopic (exact) mass is 270 g/mol. The maximum Gasteiger partial charge on any atom is 0.161 e. The van der Waals surface area contributed by atoms with Crippen LogP contribution in [-0.4, -0.2) is 29.0 Å². The zero-order chi connectivity index (χ0) is 14.4. The van der Waals surface area contributed by atoms with Crippen LogP contribution >= 0.6 is 0 Å². The third-order valence-corrected chi connectivity index (χ3v) is 3.06. The summed E-state index contributed by atoms with van der Waals surface area (Å²) < 4.78 is 0. The summed E-state index contributed by atoms with van der Waals surface area (Å²) in [6, 6.07) is 13.6. The van der Waals surface area contributed by atoms with Crippen LogP contribution < -0.4 is 4.90 Å². The highest BCUT2D eigenvalue weighted by Gasteiger charge is 2.09. The van der Waals surface area contributed by atoms with Gasteiger partial charge in [-0.1, -0.05) is 30.3 Å². The van der Waals surface area contributed by atoms with Gasteiger partial charge >= 0.3 is 0 Å². The van der Waals surface area contributed by atoms with E-state index in [0.29, 0.717) is 18.7 Å². The van der Waals surface area contributed by atoms with Crippen LogP contribution in [0.15, 0.2) is 48.7 Å². The fourth-order valence-electron chi connectivity index (χ4n) is 1.98. The molecule has 4 heteroatoms. The van der Waals surface area contributed by atoms with E-state index in [9.17, 15) is 9.90 Å². The molecule has 0 saturated heterocycles. The van der Waals surface area contributed by atoms with Gasteiger partial charge in [-0.2, -0.15) is 0 Å². The molecule has 1 aromatic heterocycles. The number of hydrogen-bond acceptors (Lipinski definition) is 4. The molecule has 0 fully saturated rings. The number of aliphatic hydroxyl groups excluding tert-OH is 1. The molecule has 104 valence electrons. The van der Waals surface area contributed by atoms with E-state index in [-0.39, 0.29) is 12.4 Å². The summed E-state index contributed by atoms with van der Waals surface area (Å²) in [7, 11) is 0. The van der Waals surface area contributed by atoms with E-state index in [1.165, 1.54) is 6.92 Å². The molecular weight excluding hydrogens is 252 g/mol. The molecule has 0 bridgehead atoms. The minimum absolute atomic E-state index is 0.000757. The van der Waals surface area contributed by atoms with Crippen molar-refractivity contribution in [3.63, 3.8) is 0 Å². The lowest BCUT2D eigenvalue weighted by Crippen LogP contribution is -2.27. The second-order valence-electron chi connectivity index (χ2n) is 4.59. The molecule has 1 heterocycles. The Kier molecular flexibility index (Phi) is 4.85. The van der Waals surface area contributed by atoms with Crippen LogP contribution in [0.1, 0.15) is 22.8 Å². The number of ketones is 1. The van der Waals surface area contributed by atoms with Gasteiger partial charge in [-0.15, -0.1) is 0 Å². The lowest BCUT2D eigenvalue weighted by molar-refractivity contribution is 0.101. The number of hydrogen-bond donors (Lipinski definition) is 1. The number of anilines is 1. The van der Waals surface area contributed by atoms with Gasteiger partial charge < -0.3 is 10.0 Å². The number of Topliss-reactive ketones (excluding diaryl/α,β-unsaturated/α-hetero) is 1. The molecule has 0 amide bonds. The number of aliphatic hydroxyl groups is 1. The number of aromatic nitrogens is 1. The van der Waals surface area contributed by atoms with Gasteiger partial charge in [-0.25, -0.2) is 4.98 Å². The Morgan fingerprint density at radius 1 is 1.20 bits per heavy atom. The van der Waals surface area contributed by atoms with E-state index in [4.69, 9.17) is 0 Å². The predicted molar refractivity (Wildman–Crippen MR) is 78.8 cm³/mol. The molecule has 0 unspecified atom stereocenters. The van der Waals surface area contributed by atoms with Crippen LogP contribution in [0.25, 0.3) is 0 Å². The number of rotatable bonds is 6. The van der Waals surface area contributed by atoms with Gasteiger partial charge in [0.25, 0.3) is 0 Å². The molecule has 0 aliphatic rings. The Bertz CT molecular complexity index is 552. The topological polar surface area (TPSA) is 53.4 Å². The highest BCUT2D eigenvalue weighted by atomic mass is 16.3. The molecule has 2 rings (SSSR count). The molecule has 1 N–H and O–H groups in total. The third kappa shape index (κ3) is 3.65. The molecule has 0 aliphatic heterocycles. The second kappa shape index (κ2) is 6.82. The zero-order valence-electron chi connectivity index (χ0n) is 11.5. The van der Waals surface area contributed by atoms with Crippen LogP contribution in [0.5, 0.6) is 0 Å². The highest BCUT2D eigenvalue weighted by Crippen LogP contribution is 2.15. The second-order valence-corrected chi connectivity index (χ2v) is 4.59. The lowest BCUT2D eigenvalue weighted by Gasteiger charge is -2.23. The molecule has 0 aliphatic carbocycles. The maximum atomic E-state index is 11.2. The number of benzene rings is 1. The van der Waals surface area contributed by atoms with Crippen LogP contribution in [0.4, 0.5) is 5.82 Å². The van der Waals surface area contributed by atoms with E-state index >= 15 is 0 Å². The smallest absolute Gasteiger partial charge is 0.161 e. The largest absolute Gasteiger partial charge is 0.395 e. The molecular formula is C16H18N2O2. The Morgan fingerprint density at radius 2 is 1.95 bits per heavy atom. The Balaban J connectivity index is 2.17. The fraction of sp³-hybridized carbons (Fsp3) is 0.250. The van der Waals surface area contributed by atoms with Crippen molar-refractivity contribution in [3.05, 3.63) is 59.8 Å². The van der Waals surface area contributed by atoms with Crippen molar-refractivity contribution >= 4 is 11.6 Å². The number of carbonyl (C=O) groups excluding carboxylic acids is 1. The van der Waals surface area contributed by atoms with E-state index < -0.39 is 0 Å². The predicted octanol–water partition coefficient (Wildman–Crippen LogP) is 2.28. The van der Waals surface area contributed by atoms with Gasteiger partial charge in [0, 0.05) is 24.8 Å². The molecule has 1 aromatic carbocycles. The summed E-state index contributed by atoms with van der Waals surface area (Å²) in [5, 5.41) is 9.20. The van der Waals surface area contributed by atoms with E-state index in [1.807, 2.05) is 41.3 Å². The Morgan fingerprint density at radius 3 is 2.50 bits per heavy atom. The summed E-state index contributed by atoms with van der Waals surface area (Å²) >= 11 is 0. The number of pyridine rings is 1. The Labute approximate surface area is 118 Å². The van der Waals surface area contributed by atoms with Crippen molar-refractivity contribution in [2.45, 2.75) is 13.5 Å². The number of carbonyl (C=O) groups is 1. The first-order valence-electron chi connectivity index (χ1n) is 6.57. The minimum Gasteiger partial charge on any atom is -0.395 e. The quantitative estimate of drug-likeness (QED) is 0.818. The first-order chi connectivity index (χ1) is 9.70. The average Bonchev–Trinajstić information content (AvgIpc) is 2.48. The molecule has 0 atom stereocenters. The standard InChI is InChI=1S/C16H18N2O2/c1-13(20)15-7-8-16(17-11-15)18(9-10-19)12-14-5-3-2-4-6-14/h2-8,11,19H,9-10,12H2,1H3. The zero-order valence-corrected chi connectivity index (χ0v) is 11.5. The summed E-state index contributed by atoms with van der Waals surface area (Å²) in [5.74, 6) is 0.758. The summed E-state index contributed by atoms with van der Waals surface area (Å²) in [6.45, 7) is 2.75.